The van der Waals surface area contributed by atoms with Gasteiger partial charge in [0, 0.05) is 40.5 Å². The average Bonchev–Trinajstić information content (AvgIpc) is 3.15. The van der Waals surface area contributed by atoms with E-state index < -0.39 is 0 Å². The third-order valence-electron chi connectivity index (χ3n) is 5.69. The Labute approximate surface area is 183 Å². The molecule has 0 fully saturated rings. The number of hydrogen-bond acceptors (Lipinski definition) is 4. The van der Waals surface area contributed by atoms with Gasteiger partial charge in [0.25, 0.3) is 0 Å². The molecule has 5 nitrogen and oxygen atoms in total. The highest BCUT2D eigenvalue weighted by Gasteiger charge is 2.25. The van der Waals surface area contributed by atoms with Crippen LogP contribution < -0.4 is 14.8 Å². The molecule has 158 valence electrons. The van der Waals surface area contributed by atoms with Crippen molar-refractivity contribution in [2.45, 2.75) is 45.7 Å². The number of halogens is 1. The quantitative estimate of drug-likeness (QED) is 0.580. The molecule has 1 aliphatic rings. The molecule has 0 aliphatic heterocycles. The van der Waals surface area contributed by atoms with Crippen molar-refractivity contribution in [3.8, 4) is 17.2 Å². The fourth-order valence-corrected chi connectivity index (χ4v) is 4.67. The van der Waals surface area contributed by atoms with Crippen molar-refractivity contribution in [3.05, 3.63) is 69.5 Å². The van der Waals surface area contributed by atoms with Gasteiger partial charge in [-0.2, -0.15) is 5.10 Å². The van der Waals surface area contributed by atoms with Gasteiger partial charge >= 0.3 is 0 Å². The average molecular weight is 426 g/mol. The monoisotopic (exact) mass is 425 g/mol. The molecule has 1 atom stereocenters. The Morgan fingerprint density at radius 1 is 1.10 bits per heavy atom. The summed E-state index contributed by atoms with van der Waals surface area (Å²) in [4.78, 5) is 0. The summed E-state index contributed by atoms with van der Waals surface area (Å²) < 4.78 is 13.1. The van der Waals surface area contributed by atoms with Gasteiger partial charge in [-0.15, -0.1) is 0 Å². The summed E-state index contributed by atoms with van der Waals surface area (Å²) in [6, 6.07) is 10.5. The molecule has 3 aromatic rings. The van der Waals surface area contributed by atoms with Gasteiger partial charge in [0.1, 0.15) is 0 Å². The number of rotatable bonds is 6. The van der Waals surface area contributed by atoms with Crippen LogP contribution in [0.4, 0.5) is 0 Å². The molecule has 1 heterocycles. The Bertz CT molecular complexity index is 1040. The highest BCUT2D eigenvalue weighted by molar-refractivity contribution is 6.30. The number of benzene rings is 2. The van der Waals surface area contributed by atoms with Gasteiger partial charge in [0.05, 0.1) is 26.1 Å². The minimum Gasteiger partial charge on any atom is -0.493 e. The van der Waals surface area contributed by atoms with E-state index in [1.54, 1.807) is 20.3 Å². The molecule has 0 amide bonds. The lowest BCUT2D eigenvalue weighted by molar-refractivity contribution is 0.349. The van der Waals surface area contributed by atoms with E-state index in [-0.39, 0.29) is 6.04 Å². The van der Waals surface area contributed by atoms with Crippen LogP contribution in [0.15, 0.2) is 36.5 Å². The number of ether oxygens (including phenoxy) is 2. The number of nitrogens with zero attached hydrogens (tertiary/aromatic N) is 2. The Morgan fingerprint density at radius 3 is 2.57 bits per heavy atom. The third-order valence-corrected chi connectivity index (χ3v) is 5.91. The van der Waals surface area contributed by atoms with Crippen LogP contribution in [0.1, 0.15) is 46.8 Å². The lowest BCUT2D eigenvalue weighted by Gasteiger charge is -2.25. The van der Waals surface area contributed by atoms with Crippen LogP contribution in [0.5, 0.6) is 11.5 Å². The molecule has 1 aromatic heterocycles. The number of nitrogens with one attached hydrogen (secondary N) is 1. The van der Waals surface area contributed by atoms with Gasteiger partial charge in [-0.25, -0.2) is 4.68 Å². The van der Waals surface area contributed by atoms with Crippen LogP contribution in [0, 0.1) is 13.8 Å². The first kappa shape index (κ1) is 20.8. The summed E-state index contributed by atoms with van der Waals surface area (Å²) in [6.45, 7) is 4.89. The highest BCUT2D eigenvalue weighted by Crippen LogP contribution is 2.36. The summed E-state index contributed by atoms with van der Waals surface area (Å²) >= 11 is 6.28. The zero-order valence-corrected chi connectivity index (χ0v) is 18.7. The van der Waals surface area contributed by atoms with E-state index in [0.29, 0.717) is 17.3 Å². The van der Waals surface area contributed by atoms with Crippen molar-refractivity contribution in [2.75, 3.05) is 14.2 Å². The first-order valence-electron chi connectivity index (χ1n) is 10.3. The summed E-state index contributed by atoms with van der Waals surface area (Å²) in [6.07, 6.45) is 5.25. The minimum atomic E-state index is 0.239. The molecule has 1 N–H and O–H groups in total. The first-order chi connectivity index (χ1) is 14.5. The molecule has 6 heteroatoms. The van der Waals surface area contributed by atoms with E-state index in [1.165, 1.54) is 22.4 Å². The lowest BCUT2D eigenvalue weighted by Crippen LogP contribution is -2.25. The van der Waals surface area contributed by atoms with E-state index in [2.05, 4.69) is 42.0 Å². The first-order valence-corrected chi connectivity index (χ1v) is 10.7. The van der Waals surface area contributed by atoms with Crippen LogP contribution in [0.2, 0.25) is 5.02 Å². The van der Waals surface area contributed by atoms with Gasteiger partial charge in [-0.1, -0.05) is 17.7 Å². The Morgan fingerprint density at radius 2 is 1.87 bits per heavy atom. The van der Waals surface area contributed by atoms with E-state index in [0.717, 1.165) is 36.3 Å². The van der Waals surface area contributed by atoms with Crippen LogP contribution in [-0.4, -0.2) is 24.0 Å². The molecule has 0 radical (unpaired) electrons. The van der Waals surface area contributed by atoms with Gasteiger partial charge in [0.2, 0.25) is 0 Å². The van der Waals surface area contributed by atoms with Crippen LogP contribution in [0.3, 0.4) is 0 Å². The molecular formula is C24H28ClN3O2. The molecule has 4 rings (SSSR count). The normalized spacial score (nSPS) is 15.7. The predicted molar refractivity (Wildman–Crippen MR) is 120 cm³/mol. The summed E-state index contributed by atoms with van der Waals surface area (Å²) in [5.74, 6) is 1.37. The number of hydrogen-bond donors (Lipinski definition) is 1. The zero-order chi connectivity index (χ0) is 21.3. The Balaban J connectivity index is 1.60. The van der Waals surface area contributed by atoms with E-state index in [4.69, 9.17) is 26.2 Å². The van der Waals surface area contributed by atoms with Gasteiger partial charge in [0.15, 0.2) is 11.5 Å². The van der Waals surface area contributed by atoms with Gasteiger partial charge in [-0.3, -0.25) is 0 Å². The molecule has 0 spiro atoms. The maximum absolute atomic E-state index is 6.28. The molecule has 0 saturated heterocycles. The topological polar surface area (TPSA) is 48.3 Å². The standard InChI is InChI=1S/C24H28ClN3O2/c1-15-8-16(2)10-19(9-15)28-22-7-5-6-21(20(22)14-27-28)26-13-17-11-18(25)12-23(29-3)24(17)30-4/h8-12,14,21,26H,5-7,13H2,1-4H3/t21-/m0/s1. The van der Waals surface area contributed by atoms with Crippen molar-refractivity contribution in [1.29, 1.82) is 0 Å². The fourth-order valence-electron chi connectivity index (χ4n) is 4.43. The van der Waals surface area contributed by atoms with Crippen LogP contribution >= 0.6 is 11.6 Å². The number of aryl methyl sites for hydroxylation is 2. The van der Waals surface area contributed by atoms with Crippen molar-refractivity contribution in [3.63, 3.8) is 0 Å². The minimum absolute atomic E-state index is 0.239. The summed E-state index contributed by atoms with van der Waals surface area (Å²) in [7, 11) is 3.28. The Kier molecular flexibility index (Phi) is 6.02. The molecular weight excluding hydrogens is 398 g/mol. The molecule has 0 unspecified atom stereocenters. The molecule has 2 aromatic carbocycles. The predicted octanol–water partition coefficient (Wildman–Crippen LogP) is 5.33. The lowest BCUT2D eigenvalue weighted by atomic mass is 9.92. The van der Waals surface area contributed by atoms with E-state index in [1.807, 2.05) is 12.3 Å². The largest absolute Gasteiger partial charge is 0.493 e. The third kappa shape index (κ3) is 4.05. The maximum Gasteiger partial charge on any atom is 0.165 e. The fraction of sp³-hybridized carbons (Fsp3) is 0.375. The number of aromatic nitrogens is 2. The second kappa shape index (κ2) is 8.70. The molecule has 30 heavy (non-hydrogen) atoms. The van der Waals surface area contributed by atoms with Crippen LogP contribution in [0.25, 0.3) is 5.69 Å². The number of methoxy groups -OCH3 is 2. The second-order valence-corrected chi connectivity index (χ2v) is 8.37. The van der Waals surface area contributed by atoms with Crippen molar-refractivity contribution >= 4 is 11.6 Å². The van der Waals surface area contributed by atoms with Gasteiger partial charge < -0.3 is 14.8 Å². The van der Waals surface area contributed by atoms with Crippen molar-refractivity contribution in [2.24, 2.45) is 0 Å². The zero-order valence-electron chi connectivity index (χ0n) is 18.0. The molecule has 0 bridgehead atoms. The van der Waals surface area contributed by atoms with E-state index in [9.17, 15) is 0 Å². The van der Waals surface area contributed by atoms with Crippen molar-refractivity contribution < 1.29 is 9.47 Å². The second-order valence-electron chi connectivity index (χ2n) is 7.93. The summed E-state index contributed by atoms with van der Waals surface area (Å²) in [5, 5.41) is 9.06. The van der Waals surface area contributed by atoms with Crippen LogP contribution in [-0.2, 0) is 13.0 Å². The maximum atomic E-state index is 6.28. The highest BCUT2D eigenvalue weighted by atomic mass is 35.5. The van der Waals surface area contributed by atoms with Crippen molar-refractivity contribution in [1.82, 2.24) is 15.1 Å². The summed E-state index contributed by atoms with van der Waals surface area (Å²) in [5.41, 5.74) is 7.18. The number of fused-ring (bicyclic) bond motifs is 1. The Hall–Kier alpha value is -2.50. The van der Waals surface area contributed by atoms with E-state index >= 15 is 0 Å². The molecule has 1 aliphatic carbocycles. The molecule has 0 saturated carbocycles. The SMILES string of the molecule is COc1cc(Cl)cc(CN[C@H]2CCCc3c2cnn3-c2cc(C)cc(C)c2)c1OC. The smallest absolute Gasteiger partial charge is 0.165 e. The van der Waals surface area contributed by atoms with Gasteiger partial charge in [-0.05, 0) is 62.4 Å².